The molecule has 0 fully saturated rings. The van der Waals surface area contributed by atoms with Gasteiger partial charge in [-0.2, -0.15) is 0 Å². The number of nitrogens with zero attached hydrogens (tertiary/aromatic N) is 1. The van der Waals surface area contributed by atoms with Gasteiger partial charge in [0.15, 0.2) is 0 Å². The van der Waals surface area contributed by atoms with Crippen molar-refractivity contribution in [2.24, 2.45) is 0 Å². The van der Waals surface area contributed by atoms with Crippen LogP contribution in [0.25, 0.3) is 22.0 Å². The fourth-order valence-corrected chi connectivity index (χ4v) is 3.20. The predicted octanol–water partition coefficient (Wildman–Crippen LogP) is 4.93. The lowest BCUT2D eigenvalue weighted by atomic mass is 9.99. The van der Waals surface area contributed by atoms with Crippen molar-refractivity contribution in [2.75, 3.05) is 0 Å². The number of hydrogen-bond donors (Lipinski definition) is 2. The van der Waals surface area contributed by atoms with Gasteiger partial charge in [0.2, 0.25) is 0 Å². The summed E-state index contributed by atoms with van der Waals surface area (Å²) in [6, 6.07) is 20.6. The van der Waals surface area contributed by atoms with Gasteiger partial charge in [-0.1, -0.05) is 54.6 Å². The van der Waals surface area contributed by atoms with E-state index in [4.69, 9.17) is 0 Å². The molecule has 3 aromatic carbocycles. The molecule has 0 spiro atoms. The van der Waals surface area contributed by atoms with E-state index in [2.05, 4.69) is 40.3 Å². The van der Waals surface area contributed by atoms with Crippen LogP contribution in [0, 0.1) is 13.8 Å². The van der Waals surface area contributed by atoms with Crippen LogP contribution in [0.15, 0.2) is 66.9 Å². The highest BCUT2D eigenvalue weighted by Crippen LogP contribution is 2.28. The second-order valence-corrected chi connectivity index (χ2v) is 6.44. The molecule has 2 N–H and O–H groups in total. The Morgan fingerprint density at radius 1 is 0.920 bits per heavy atom. The summed E-state index contributed by atoms with van der Waals surface area (Å²) in [4.78, 5) is 7.69. The molecule has 0 saturated carbocycles. The Kier molecular flexibility index (Phi) is 3.86. The zero-order chi connectivity index (χ0) is 17.4. The Bertz CT molecular complexity index is 1050. The molecule has 3 nitrogen and oxygen atoms in total. The average molecular weight is 328 g/mol. The van der Waals surface area contributed by atoms with E-state index in [-0.39, 0.29) is 0 Å². The summed E-state index contributed by atoms with van der Waals surface area (Å²) in [5.74, 6) is 0.567. The van der Waals surface area contributed by atoms with Gasteiger partial charge in [0, 0.05) is 5.56 Å². The minimum Gasteiger partial charge on any atom is -0.380 e. The first-order chi connectivity index (χ1) is 12.1. The third-order valence-electron chi connectivity index (χ3n) is 4.86. The molecule has 0 bridgehead atoms. The number of imidazole rings is 1. The van der Waals surface area contributed by atoms with Crippen LogP contribution >= 0.6 is 0 Å². The number of fused-ring (bicyclic) bond motifs is 1. The summed E-state index contributed by atoms with van der Waals surface area (Å²) < 4.78 is 0. The van der Waals surface area contributed by atoms with Gasteiger partial charge >= 0.3 is 0 Å². The third-order valence-corrected chi connectivity index (χ3v) is 4.86. The van der Waals surface area contributed by atoms with Crippen molar-refractivity contribution in [3.63, 3.8) is 0 Å². The first-order valence-electron chi connectivity index (χ1n) is 8.42. The molecule has 1 atom stereocenters. The molecule has 0 amide bonds. The van der Waals surface area contributed by atoms with Crippen molar-refractivity contribution < 1.29 is 5.11 Å². The number of H-pyrrole nitrogens is 1. The summed E-state index contributed by atoms with van der Waals surface area (Å²) in [6.45, 7) is 4.08. The van der Waals surface area contributed by atoms with Gasteiger partial charge in [-0.3, -0.25) is 0 Å². The highest BCUT2D eigenvalue weighted by molar-refractivity contribution is 5.86. The van der Waals surface area contributed by atoms with Crippen molar-refractivity contribution in [3.05, 3.63) is 89.4 Å². The molecule has 0 aliphatic heterocycles. The number of rotatable bonds is 3. The lowest BCUT2D eigenvalue weighted by molar-refractivity contribution is 0.210. The SMILES string of the molecule is Cc1cccc(C(O)c2ncc(-c3ccc4ccccc4c3)[nH]2)c1C. The summed E-state index contributed by atoms with van der Waals surface area (Å²) >= 11 is 0. The van der Waals surface area contributed by atoms with Gasteiger partial charge in [-0.15, -0.1) is 0 Å². The van der Waals surface area contributed by atoms with E-state index in [1.54, 1.807) is 6.20 Å². The number of aryl methyl sites for hydroxylation is 1. The van der Waals surface area contributed by atoms with Crippen molar-refractivity contribution >= 4 is 10.8 Å². The van der Waals surface area contributed by atoms with Crippen LogP contribution in [0.5, 0.6) is 0 Å². The number of aliphatic hydroxyl groups is 1. The van der Waals surface area contributed by atoms with Crippen LogP contribution in [-0.2, 0) is 0 Å². The Morgan fingerprint density at radius 2 is 1.72 bits per heavy atom. The molecule has 0 saturated heterocycles. The minimum absolute atomic E-state index is 0.567. The van der Waals surface area contributed by atoms with E-state index >= 15 is 0 Å². The van der Waals surface area contributed by atoms with Crippen LogP contribution in [0.3, 0.4) is 0 Å². The molecule has 4 rings (SSSR count). The zero-order valence-corrected chi connectivity index (χ0v) is 14.3. The summed E-state index contributed by atoms with van der Waals surface area (Å²) in [5.41, 5.74) is 5.12. The molecule has 3 heteroatoms. The highest BCUT2D eigenvalue weighted by Gasteiger charge is 2.17. The normalized spacial score (nSPS) is 12.4. The minimum atomic E-state index is -0.755. The maximum atomic E-state index is 10.7. The molecule has 1 heterocycles. The first kappa shape index (κ1) is 15.6. The second kappa shape index (κ2) is 6.19. The van der Waals surface area contributed by atoms with Crippen molar-refractivity contribution in [2.45, 2.75) is 20.0 Å². The molecule has 124 valence electrons. The second-order valence-electron chi connectivity index (χ2n) is 6.44. The molecular formula is C22H20N2O. The quantitative estimate of drug-likeness (QED) is 0.560. The number of aliphatic hydroxyl groups excluding tert-OH is 1. The average Bonchev–Trinajstić information content (AvgIpc) is 3.13. The Morgan fingerprint density at radius 3 is 2.56 bits per heavy atom. The molecular weight excluding hydrogens is 308 g/mol. The number of benzene rings is 3. The van der Waals surface area contributed by atoms with Crippen molar-refractivity contribution in [1.29, 1.82) is 0 Å². The highest BCUT2D eigenvalue weighted by atomic mass is 16.3. The van der Waals surface area contributed by atoms with Crippen LogP contribution in [-0.4, -0.2) is 15.1 Å². The van der Waals surface area contributed by atoms with Crippen molar-refractivity contribution in [3.8, 4) is 11.3 Å². The monoisotopic (exact) mass is 328 g/mol. The lowest BCUT2D eigenvalue weighted by Crippen LogP contribution is -2.05. The Labute approximate surface area is 147 Å². The van der Waals surface area contributed by atoms with Crippen LogP contribution in [0.2, 0.25) is 0 Å². The van der Waals surface area contributed by atoms with E-state index in [0.29, 0.717) is 5.82 Å². The number of nitrogens with one attached hydrogen (secondary N) is 1. The third kappa shape index (κ3) is 2.83. The molecule has 0 radical (unpaired) electrons. The molecule has 0 aliphatic rings. The van der Waals surface area contributed by atoms with Crippen LogP contribution in [0.4, 0.5) is 0 Å². The lowest BCUT2D eigenvalue weighted by Gasteiger charge is -2.13. The molecule has 1 unspecified atom stereocenters. The van der Waals surface area contributed by atoms with E-state index < -0.39 is 6.10 Å². The van der Waals surface area contributed by atoms with Gasteiger partial charge in [-0.05, 0) is 47.4 Å². The summed E-state index contributed by atoms with van der Waals surface area (Å²) in [5, 5.41) is 13.1. The van der Waals surface area contributed by atoms with E-state index in [0.717, 1.165) is 27.9 Å². The predicted molar refractivity (Wildman–Crippen MR) is 102 cm³/mol. The van der Waals surface area contributed by atoms with Gasteiger partial charge in [0.05, 0.1) is 11.9 Å². The smallest absolute Gasteiger partial charge is 0.140 e. The van der Waals surface area contributed by atoms with E-state index in [1.165, 1.54) is 10.8 Å². The first-order valence-corrected chi connectivity index (χ1v) is 8.42. The Hall–Kier alpha value is -2.91. The van der Waals surface area contributed by atoms with Gasteiger partial charge in [-0.25, -0.2) is 4.98 Å². The van der Waals surface area contributed by atoms with E-state index in [1.807, 2.05) is 44.2 Å². The number of hydrogen-bond acceptors (Lipinski definition) is 2. The molecule has 0 aliphatic carbocycles. The zero-order valence-electron chi connectivity index (χ0n) is 14.3. The fraction of sp³-hybridized carbons (Fsp3) is 0.136. The Balaban J connectivity index is 1.70. The molecule has 25 heavy (non-hydrogen) atoms. The summed E-state index contributed by atoms with van der Waals surface area (Å²) in [7, 11) is 0. The maximum absolute atomic E-state index is 10.7. The fourth-order valence-electron chi connectivity index (χ4n) is 3.20. The van der Waals surface area contributed by atoms with Crippen LogP contribution in [0.1, 0.15) is 28.6 Å². The standard InChI is InChI=1S/C22H20N2O/c1-14-6-5-9-19(15(14)2)21(25)22-23-13-20(24-22)18-11-10-16-7-3-4-8-17(16)12-18/h3-13,21,25H,1-2H3,(H,23,24). The van der Waals surface area contributed by atoms with Gasteiger partial charge < -0.3 is 10.1 Å². The van der Waals surface area contributed by atoms with E-state index in [9.17, 15) is 5.11 Å². The maximum Gasteiger partial charge on any atom is 0.140 e. The molecule has 4 aromatic rings. The largest absolute Gasteiger partial charge is 0.380 e. The van der Waals surface area contributed by atoms with Gasteiger partial charge in [0.1, 0.15) is 11.9 Å². The topological polar surface area (TPSA) is 48.9 Å². The summed E-state index contributed by atoms with van der Waals surface area (Å²) in [6.07, 6.45) is 1.03. The van der Waals surface area contributed by atoms with Crippen LogP contribution < -0.4 is 0 Å². The molecule has 1 aromatic heterocycles. The number of aromatic nitrogens is 2. The number of aromatic amines is 1. The van der Waals surface area contributed by atoms with Gasteiger partial charge in [0.25, 0.3) is 0 Å². The van der Waals surface area contributed by atoms with Crippen molar-refractivity contribution in [1.82, 2.24) is 9.97 Å².